The number of aliphatic hydroxyl groups is 1. The Morgan fingerprint density at radius 1 is 1.37 bits per heavy atom. The third-order valence-corrected chi connectivity index (χ3v) is 4.30. The van der Waals surface area contributed by atoms with Gasteiger partial charge in [0.25, 0.3) is 0 Å². The molecule has 0 amide bonds. The second kappa shape index (κ2) is 7.13. The number of hydrogen-bond donors (Lipinski definition) is 2. The summed E-state index contributed by atoms with van der Waals surface area (Å²) in [5.41, 5.74) is 1.16. The van der Waals surface area contributed by atoms with Gasteiger partial charge in [-0.25, -0.2) is 0 Å². The van der Waals surface area contributed by atoms with Gasteiger partial charge in [0.2, 0.25) is 0 Å². The molecule has 0 spiro atoms. The maximum Gasteiger partial charge on any atom is 0.137 e. The van der Waals surface area contributed by atoms with Crippen LogP contribution in [0.1, 0.15) is 24.8 Å². The van der Waals surface area contributed by atoms with Crippen LogP contribution in [0.5, 0.6) is 5.75 Å². The number of benzene rings is 1. The van der Waals surface area contributed by atoms with Crippen molar-refractivity contribution in [2.24, 2.45) is 11.8 Å². The van der Waals surface area contributed by atoms with Crippen molar-refractivity contribution in [2.45, 2.75) is 25.8 Å². The lowest BCUT2D eigenvalue weighted by molar-refractivity contribution is 0.192. The monoisotopic (exact) mass is 283 g/mol. The Balaban J connectivity index is 1.81. The van der Waals surface area contributed by atoms with Gasteiger partial charge in [-0.05, 0) is 48.9 Å². The molecule has 106 valence electrons. The van der Waals surface area contributed by atoms with Gasteiger partial charge in [-0.3, -0.25) is 0 Å². The molecule has 3 nitrogen and oxygen atoms in total. The van der Waals surface area contributed by atoms with E-state index in [1.807, 2.05) is 18.2 Å². The Labute approximate surface area is 119 Å². The molecule has 0 saturated heterocycles. The predicted molar refractivity (Wildman–Crippen MR) is 77.6 cm³/mol. The summed E-state index contributed by atoms with van der Waals surface area (Å²) in [5.74, 6) is 1.80. The molecule has 0 bridgehead atoms. The van der Waals surface area contributed by atoms with Gasteiger partial charge in [0.1, 0.15) is 5.75 Å². The number of hydrogen-bond acceptors (Lipinski definition) is 3. The van der Waals surface area contributed by atoms with E-state index in [-0.39, 0.29) is 0 Å². The highest BCUT2D eigenvalue weighted by Gasteiger charge is 2.25. The van der Waals surface area contributed by atoms with Gasteiger partial charge >= 0.3 is 0 Å². The molecule has 1 saturated carbocycles. The Morgan fingerprint density at radius 3 is 2.84 bits per heavy atom. The van der Waals surface area contributed by atoms with Gasteiger partial charge < -0.3 is 15.2 Å². The van der Waals surface area contributed by atoms with Gasteiger partial charge in [0.15, 0.2) is 0 Å². The number of nitrogens with one attached hydrogen (secondary N) is 1. The Bertz CT molecular complexity index is 411. The summed E-state index contributed by atoms with van der Waals surface area (Å²) in [7, 11) is 1.62. The molecule has 2 rings (SSSR count). The van der Waals surface area contributed by atoms with Crippen molar-refractivity contribution in [3.05, 3.63) is 28.8 Å². The minimum Gasteiger partial charge on any atom is -0.495 e. The summed E-state index contributed by atoms with van der Waals surface area (Å²) in [6.07, 6.45) is 3.63. The van der Waals surface area contributed by atoms with Crippen LogP contribution in [0.25, 0.3) is 0 Å². The maximum absolute atomic E-state index is 9.29. The van der Waals surface area contributed by atoms with Crippen molar-refractivity contribution in [1.82, 2.24) is 5.32 Å². The van der Waals surface area contributed by atoms with Gasteiger partial charge in [0.05, 0.1) is 12.1 Å². The molecule has 2 N–H and O–H groups in total. The van der Waals surface area contributed by atoms with E-state index in [1.54, 1.807) is 7.11 Å². The van der Waals surface area contributed by atoms with E-state index in [9.17, 15) is 5.11 Å². The minimum atomic E-state index is 0.320. The first-order valence-corrected chi connectivity index (χ1v) is 7.26. The molecule has 0 radical (unpaired) electrons. The highest BCUT2D eigenvalue weighted by Crippen LogP contribution is 2.30. The van der Waals surface area contributed by atoms with Crippen molar-refractivity contribution in [3.8, 4) is 5.75 Å². The molecule has 0 heterocycles. The molecule has 0 aromatic heterocycles. The lowest BCUT2D eigenvalue weighted by Crippen LogP contribution is -2.26. The smallest absolute Gasteiger partial charge is 0.137 e. The summed E-state index contributed by atoms with van der Waals surface area (Å²) in [5, 5.41) is 13.4. The summed E-state index contributed by atoms with van der Waals surface area (Å²) in [6, 6.07) is 5.85. The number of methoxy groups -OCH3 is 1. The van der Waals surface area contributed by atoms with Crippen molar-refractivity contribution >= 4 is 11.6 Å². The zero-order valence-electron chi connectivity index (χ0n) is 11.4. The van der Waals surface area contributed by atoms with Crippen molar-refractivity contribution in [3.63, 3.8) is 0 Å². The predicted octanol–water partition coefficient (Wildman–Crippen LogP) is 2.85. The topological polar surface area (TPSA) is 41.5 Å². The number of aliphatic hydroxyl groups excluding tert-OH is 1. The highest BCUT2D eigenvalue weighted by molar-refractivity contribution is 6.32. The number of rotatable bonds is 6. The van der Waals surface area contributed by atoms with Crippen LogP contribution in [0.15, 0.2) is 18.2 Å². The minimum absolute atomic E-state index is 0.320. The third kappa shape index (κ3) is 3.85. The summed E-state index contributed by atoms with van der Waals surface area (Å²) >= 11 is 6.10. The van der Waals surface area contributed by atoms with Crippen molar-refractivity contribution in [1.29, 1.82) is 0 Å². The fraction of sp³-hybridized carbons (Fsp3) is 0.600. The van der Waals surface area contributed by atoms with Crippen LogP contribution in [0, 0.1) is 11.8 Å². The Kier molecular flexibility index (Phi) is 5.49. The van der Waals surface area contributed by atoms with Crippen LogP contribution < -0.4 is 10.1 Å². The molecule has 4 heteroatoms. The first kappa shape index (κ1) is 14.6. The molecule has 1 aromatic rings. The molecule has 0 aliphatic heterocycles. The van der Waals surface area contributed by atoms with Gasteiger partial charge in [-0.1, -0.05) is 24.1 Å². The normalized spacial score (nSPS) is 22.7. The van der Waals surface area contributed by atoms with Crippen LogP contribution in [0.3, 0.4) is 0 Å². The van der Waals surface area contributed by atoms with Crippen LogP contribution >= 0.6 is 11.6 Å². The van der Waals surface area contributed by atoms with Crippen LogP contribution in [-0.4, -0.2) is 25.4 Å². The first-order chi connectivity index (χ1) is 9.24. The molecular formula is C15H22ClNO2. The molecule has 19 heavy (non-hydrogen) atoms. The zero-order chi connectivity index (χ0) is 13.7. The summed E-state index contributed by atoms with van der Waals surface area (Å²) in [6.45, 7) is 2.09. The Hall–Kier alpha value is -0.770. The molecular weight excluding hydrogens is 262 g/mol. The van der Waals surface area contributed by atoms with Crippen LogP contribution in [0.2, 0.25) is 5.02 Å². The van der Waals surface area contributed by atoms with Gasteiger partial charge in [-0.2, -0.15) is 0 Å². The zero-order valence-corrected chi connectivity index (χ0v) is 12.1. The number of ether oxygens (including phenoxy) is 1. The standard InChI is InChI=1S/C15H22ClNO2/c1-19-15-6-5-11(7-14(15)16)8-17-9-12-3-2-4-13(12)10-18/h5-7,12-13,17-18H,2-4,8-10H2,1H3. The molecule has 1 fully saturated rings. The third-order valence-electron chi connectivity index (χ3n) is 4.00. The molecule has 2 unspecified atom stereocenters. The van der Waals surface area contributed by atoms with E-state index < -0.39 is 0 Å². The fourth-order valence-electron chi connectivity index (χ4n) is 2.84. The Morgan fingerprint density at radius 2 is 2.16 bits per heavy atom. The van der Waals surface area contributed by atoms with Crippen LogP contribution in [-0.2, 0) is 6.54 Å². The van der Waals surface area contributed by atoms with Gasteiger partial charge in [0, 0.05) is 13.2 Å². The SMILES string of the molecule is COc1ccc(CNCC2CCCC2CO)cc1Cl. The lowest BCUT2D eigenvalue weighted by atomic mass is 9.97. The summed E-state index contributed by atoms with van der Waals surface area (Å²) < 4.78 is 5.13. The van der Waals surface area contributed by atoms with E-state index in [1.165, 1.54) is 12.8 Å². The lowest BCUT2D eigenvalue weighted by Gasteiger charge is -2.18. The van der Waals surface area contributed by atoms with E-state index in [4.69, 9.17) is 16.3 Å². The second-order valence-electron chi connectivity index (χ2n) is 5.23. The highest BCUT2D eigenvalue weighted by atomic mass is 35.5. The fourth-order valence-corrected chi connectivity index (χ4v) is 3.12. The average molecular weight is 284 g/mol. The van der Waals surface area contributed by atoms with E-state index in [0.717, 1.165) is 25.1 Å². The summed E-state index contributed by atoms with van der Waals surface area (Å²) in [4.78, 5) is 0. The quantitative estimate of drug-likeness (QED) is 0.843. The average Bonchev–Trinajstić information content (AvgIpc) is 2.86. The number of halogens is 1. The van der Waals surface area contributed by atoms with Crippen LogP contribution in [0.4, 0.5) is 0 Å². The van der Waals surface area contributed by atoms with Crippen molar-refractivity contribution in [2.75, 3.05) is 20.3 Å². The molecule has 2 atom stereocenters. The van der Waals surface area contributed by atoms with E-state index in [2.05, 4.69) is 5.32 Å². The molecule has 1 aliphatic rings. The largest absolute Gasteiger partial charge is 0.495 e. The molecule has 1 aliphatic carbocycles. The first-order valence-electron chi connectivity index (χ1n) is 6.88. The maximum atomic E-state index is 9.29. The van der Waals surface area contributed by atoms with E-state index >= 15 is 0 Å². The van der Waals surface area contributed by atoms with Gasteiger partial charge in [-0.15, -0.1) is 0 Å². The second-order valence-corrected chi connectivity index (χ2v) is 5.64. The molecule has 1 aromatic carbocycles. The van der Waals surface area contributed by atoms with Crippen molar-refractivity contribution < 1.29 is 9.84 Å². The van der Waals surface area contributed by atoms with E-state index in [0.29, 0.717) is 29.2 Å².